The summed E-state index contributed by atoms with van der Waals surface area (Å²) in [6.45, 7) is 3.50. The van der Waals surface area contributed by atoms with Gasteiger partial charge >= 0.3 is 0 Å². The summed E-state index contributed by atoms with van der Waals surface area (Å²) in [5, 5.41) is 2.29. The van der Waals surface area contributed by atoms with Gasteiger partial charge < -0.3 is 10.6 Å². The number of nitrogens with one attached hydrogen (secondary N) is 1. The third kappa shape index (κ3) is 1.91. The van der Waals surface area contributed by atoms with Gasteiger partial charge in [-0.05, 0) is 19.9 Å². The molecule has 2 rings (SSSR count). The number of hydrogen-bond acceptors (Lipinski definition) is 6. The Morgan fingerprint density at radius 1 is 1.47 bits per heavy atom. The number of piperazine rings is 1. The average molecular weight is 235 g/mol. The standard InChI is InChI=1S/C10H13N5O2/c1-10(2)8(17)14-7(16)5-15(10)6-3-4-12-9(11)13-6/h3-4H,5H2,1-2H3,(H2,11,12,13)(H,14,16,17). The molecule has 0 unspecified atom stereocenters. The Kier molecular flexibility index (Phi) is 2.45. The topological polar surface area (TPSA) is 101 Å². The lowest BCUT2D eigenvalue weighted by atomic mass is 9.99. The number of amides is 2. The second-order valence-corrected chi connectivity index (χ2v) is 4.30. The second-order valence-electron chi connectivity index (χ2n) is 4.30. The first-order valence-corrected chi connectivity index (χ1v) is 5.11. The number of aromatic nitrogens is 2. The van der Waals surface area contributed by atoms with Gasteiger partial charge in [0.15, 0.2) is 0 Å². The van der Waals surface area contributed by atoms with E-state index in [0.29, 0.717) is 5.82 Å². The summed E-state index contributed by atoms with van der Waals surface area (Å²) >= 11 is 0. The minimum Gasteiger partial charge on any atom is -0.368 e. The van der Waals surface area contributed by atoms with E-state index in [-0.39, 0.29) is 24.3 Å². The van der Waals surface area contributed by atoms with Crippen molar-refractivity contribution in [3.63, 3.8) is 0 Å². The normalized spacial score (nSPS) is 19.1. The van der Waals surface area contributed by atoms with Crippen molar-refractivity contribution >= 4 is 23.6 Å². The van der Waals surface area contributed by atoms with E-state index in [2.05, 4.69) is 15.3 Å². The van der Waals surface area contributed by atoms with Gasteiger partial charge in [0, 0.05) is 6.20 Å². The van der Waals surface area contributed by atoms with Gasteiger partial charge in [0.25, 0.3) is 5.91 Å². The van der Waals surface area contributed by atoms with Gasteiger partial charge in [-0.15, -0.1) is 0 Å². The summed E-state index contributed by atoms with van der Waals surface area (Å²) < 4.78 is 0. The lowest BCUT2D eigenvalue weighted by molar-refractivity contribution is -0.135. The fourth-order valence-electron chi connectivity index (χ4n) is 1.66. The maximum absolute atomic E-state index is 11.7. The monoisotopic (exact) mass is 235 g/mol. The van der Waals surface area contributed by atoms with Crippen LogP contribution in [0.2, 0.25) is 0 Å². The molecule has 0 aliphatic carbocycles. The molecule has 0 saturated carbocycles. The van der Waals surface area contributed by atoms with Gasteiger partial charge in [-0.1, -0.05) is 0 Å². The molecule has 0 radical (unpaired) electrons. The van der Waals surface area contributed by atoms with Crippen LogP contribution in [0.3, 0.4) is 0 Å². The van der Waals surface area contributed by atoms with Crippen molar-refractivity contribution in [1.29, 1.82) is 0 Å². The molecule has 0 atom stereocenters. The SMILES string of the molecule is CC1(C)C(=O)NC(=O)CN1c1ccnc(N)n1. The smallest absolute Gasteiger partial charge is 0.251 e. The van der Waals surface area contributed by atoms with Crippen LogP contribution in [-0.4, -0.2) is 33.9 Å². The molecule has 1 aliphatic heterocycles. The molecular formula is C10H13N5O2. The quantitative estimate of drug-likeness (QED) is 0.624. The maximum atomic E-state index is 11.7. The molecule has 2 heterocycles. The number of nitrogens with zero attached hydrogens (tertiary/aromatic N) is 3. The molecule has 0 spiro atoms. The van der Waals surface area contributed by atoms with Gasteiger partial charge in [-0.3, -0.25) is 14.9 Å². The molecule has 1 fully saturated rings. The van der Waals surface area contributed by atoms with Crippen LogP contribution in [0.4, 0.5) is 11.8 Å². The Hall–Kier alpha value is -2.18. The highest BCUT2D eigenvalue weighted by atomic mass is 16.2. The van der Waals surface area contributed by atoms with E-state index in [1.807, 2.05) is 0 Å². The van der Waals surface area contributed by atoms with E-state index < -0.39 is 5.54 Å². The molecule has 2 amide bonds. The molecule has 1 aliphatic rings. The Bertz CT molecular complexity index is 485. The van der Waals surface area contributed by atoms with Gasteiger partial charge in [-0.2, -0.15) is 4.98 Å². The fraction of sp³-hybridized carbons (Fsp3) is 0.400. The summed E-state index contributed by atoms with van der Waals surface area (Å²) in [5.41, 5.74) is 4.64. The first-order valence-electron chi connectivity index (χ1n) is 5.11. The highest BCUT2D eigenvalue weighted by molar-refractivity contribution is 6.06. The Morgan fingerprint density at radius 3 is 2.82 bits per heavy atom. The zero-order chi connectivity index (χ0) is 12.6. The zero-order valence-corrected chi connectivity index (χ0v) is 9.60. The predicted octanol–water partition coefficient (Wildman–Crippen LogP) is -0.700. The van der Waals surface area contributed by atoms with Crippen molar-refractivity contribution in [3.8, 4) is 0 Å². The molecule has 1 aromatic rings. The number of nitrogens with two attached hydrogens (primary N) is 1. The van der Waals surface area contributed by atoms with E-state index in [4.69, 9.17) is 5.73 Å². The molecule has 17 heavy (non-hydrogen) atoms. The number of rotatable bonds is 1. The Labute approximate surface area is 98.0 Å². The van der Waals surface area contributed by atoms with Crippen molar-refractivity contribution in [2.45, 2.75) is 19.4 Å². The zero-order valence-electron chi connectivity index (χ0n) is 9.60. The average Bonchev–Trinajstić information content (AvgIpc) is 2.24. The fourth-order valence-corrected chi connectivity index (χ4v) is 1.66. The summed E-state index contributed by atoms with van der Waals surface area (Å²) in [6.07, 6.45) is 1.49. The van der Waals surface area contributed by atoms with E-state index in [1.54, 1.807) is 24.8 Å². The summed E-state index contributed by atoms with van der Waals surface area (Å²) in [4.78, 5) is 32.5. The molecule has 7 heteroatoms. The molecular weight excluding hydrogens is 222 g/mol. The summed E-state index contributed by atoms with van der Waals surface area (Å²) in [6, 6.07) is 1.62. The maximum Gasteiger partial charge on any atom is 0.251 e. The number of carbonyl (C=O) groups excluding carboxylic acids is 2. The van der Waals surface area contributed by atoms with E-state index in [1.165, 1.54) is 6.20 Å². The summed E-state index contributed by atoms with van der Waals surface area (Å²) in [7, 11) is 0. The molecule has 0 bridgehead atoms. The molecule has 0 aromatic carbocycles. The third-order valence-corrected chi connectivity index (χ3v) is 2.72. The Balaban J connectivity index is 2.42. The predicted molar refractivity (Wildman–Crippen MR) is 61.0 cm³/mol. The van der Waals surface area contributed by atoms with E-state index in [0.717, 1.165) is 0 Å². The first kappa shape index (κ1) is 11.3. The lowest BCUT2D eigenvalue weighted by Crippen LogP contribution is -2.64. The van der Waals surface area contributed by atoms with Crippen molar-refractivity contribution in [3.05, 3.63) is 12.3 Å². The number of carbonyl (C=O) groups is 2. The van der Waals surface area contributed by atoms with E-state index >= 15 is 0 Å². The first-order chi connectivity index (χ1) is 7.91. The minimum absolute atomic E-state index is 0.0647. The number of anilines is 2. The van der Waals surface area contributed by atoms with Gasteiger partial charge in [0.1, 0.15) is 11.4 Å². The Morgan fingerprint density at radius 2 is 2.18 bits per heavy atom. The lowest BCUT2D eigenvalue weighted by Gasteiger charge is -2.40. The van der Waals surface area contributed by atoms with Crippen molar-refractivity contribution in [2.24, 2.45) is 0 Å². The van der Waals surface area contributed by atoms with Crippen LogP contribution < -0.4 is 16.0 Å². The van der Waals surface area contributed by atoms with Crippen LogP contribution >= 0.6 is 0 Å². The van der Waals surface area contributed by atoms with Crippen molar-refractivity contribution in [1.82, 2.24) is 15.3 Å². The van der Waals surface area contributed by atoms with Crippen LogP contribution in [0.25, 0.3) is 0 Å². The molecule has 90 valence electrons. The van der Waals surface area contributed by atoms with Crippen LogP contribution in [-0.2, 0) is 9.59 Å². The minimum atomic E-state index is -0.852. The number of hydrogen-bond donors (Lipinski definition) is 2. The highest BCUT2D eigenvalue weighted by Gasteiger charge is 2.41. The molecule has 3 N–H and O–H groups in total. The van der Waals surface area contributed by atoms with Gasteiger partial charge in [-0.25, -0.2) is 4.98 Å². The van der Waals surface area contributed by atoms with E-state index in [9.17, 15) is 9.59 Å². The summed E-state index contributed by atoms with van der Waals surface area (Å²) in [5.74, 6) is -0.139. The van der Waals surface area contributed by atoms with Crippen molar-refractivity contribution < 1.29 is 9.59 Å². The number of imide groups is 1. The van der Waals surface area contributed by atoms with Gasteiger partial charge in [0.05, 0.1) is 6.54 Å². The second kappa shape index (κ2) is 3.69. The third-order valence-electron chi connectivity index (χ3n) is 2.72. The van der Waals surface area contributed by atoms with Crippen LogP contribution in [0.15, 0.2) is 12.3 Å². The molecule has 1 saturated heterocycles. The van der Waals surface area contributed by atoms with Crippen molar-refractivity contribution in [2.75, 3.05) is 17.2 Å². The molecule has 1 aromatic heterocycles. The van der Waals surface area contributed by atoms with Crippen LogP contribution in [0.1, 0.15) is 13.8 Å². The highest BCUT2D eigenvalue weighted by Crippen LogP contribution is 2.24. The van der Waals surface area contributed by atoms with Crippen LogP contribution in [0, 0.1) is 0 Å². The largest absolute Gasteiger partial charge is 0.368 e. The van der Waals surface area contributed by atoms with Crippen LogP contribution in [0.5, 0.6) is 0 Å². The molecule has 7 nitrogen and oxygen atoms in total. The number of nitrogen functional groups attached to an aromatic ring is 1. The van der Waals surface area contributed by atoms with Gasteiger partial charge in [0.2, 0.25) is 11.9 Å².